The monoisotopic (exact) mass is 286 g/mol. The Morgan fingerprint density at radius 2 is 1.80 bits per heavy atom. The number of urea groups is 1. The van der Waals surface area contributed by atoms with Gasteiger partial charge in [-0.05, 0) is 38.0 Å². The molecule has 116 valence electrons. The van der Waals surface area contributed by atoms with Crippen molar-refractivity contribution < 1.29 is 19.8 Å². The summed E-state index contributed by atoms with van der Waals surface area (Å²) in [7, 11) is 0. The lowest BCUT2D eigenvalue weighted by Gasteiger charge is -2.26. The van der Waals surface area contributed by atoms with E-state index in [0.717, 1.165) is 12.8 Å². The Morgan fingerprint density at radius 1 is 1.20 bits per heavy atom. The number of carbonyl (C=O) groups is 2. The van der Waals surface area contributed by atoms with E-state index in [-0.39, 0.29) is 30.6 Å². The Kier molecular flexibility index (Phi) is 6.78. The molecular weight excluding hydrogens is 260 g/mol. The third-order valence-corrected chi connectivity index (χ3v) is 3.65. The Labute approximate surface area is 119 Å². The molecule has 0 aromatic heterocycles. The molecule has 0 aliphatic heterocycles. The number of nitrogens with one attached hydrogen (secondary N) is 2. The summed E-state index contributed by atoms with van der Waals surface area (Å²) in [4.78, 5) is 22.8. The molecule has 1 saturated carbocycles. The van der Waals surface area contributed by atoms with Gasteiger partial charge in [-0.15, -0.1) is 0 Å². The predicted molar refractivity (Wildman–Crippen MR) is 75.4 cm³/mol. The summed E-state index contributed by atoms with van der Waals surface area (Å²) in [6.45, 7) is 4.07. The zero-order valence-electron chi connectivity index (χ0n) is 12.3. The van der Waals surface area contributed by atoms with Crippen LogP contribution in [-0.4, -0.2) is 40.9 Å². The van der Waals surface area contributed by atoms with E-state index in [1.807, 2.05) is 13.8 Å². The summed E-state index contributed by atoms with van der Waals surface area (Å²) >= 11 is 0. The number of hydrogen-bond acceptors (Lipinski definition) is 3. The highest BCUT2D eigenvalue weighted by molar-refractivity contribution is 5.76. The second-order valence-electron chi connectivity index (χ2n) is 6.02. The van der Waals surface area contributed by atoms with Crippen molar-refractivity contribution >= 4 is 12.0 Å². The van der Waals surface area contributed by atoms with Crippen molar-refractivity contribution in [2.75, 3.05) is 6.54 Å². The number of hydrogen-bond donors (Lipinski definition) is 4. The molecule has 1 fully saturated rings. The van der Waals surface area contributed by atoms with Gasteiger partial charge >= 0.3 is 12.0 Å². The van der Waals surface area contributed by atoms with Gasteiger partial charge in [-0.1, -0.05) is 13.8 Å². The normalized spacial score (nSPS) is 24.2. The summed E-state index contributed by atoms with van der Waals surface area (Å²) in [6, 6.07) is -0.242. The van der Waals surface area contributed by atoms with Crippen LogP contribution in [0.1, 0.15) is 46.0 Å². The van der Waals surface area contributed by atoms with Crippen molar-refractivity contribution in [2.45, 2.75) is 58.1 Å². The highest BCUT2D eigenvalue weighted by Gasteiger charge is 2.22. The van der Waals surface area contributed by atoms with Crippen molar-refractivity contribution in [2.24, 2.45) is 11.8 Å². The molecule has 0 spiro atoms. The molecule has 2 amide bonds. The minimum Gasteiger partial charge on any atom is -0.481 e. The van der Waals surface area contributed by atoms with Crippen LogP contribution in [0.25, 0.3) is 0 Å². The van der Waals surface area contributed by atoms with Gasteiger partial charge < -0.3 is 20.8 Å². The molecule has 0 aromatic carbocycles. The highest BCUT2D eigenvalue weighted by Crippen LogP contribution is 2.18. The van der Waals surface area contributed by atoms with E-state index in [1.165, 1.54) is 0 Å². The fourth-order valence-corrected chi connectivity index (χ4v) is 2.51. The molecule has 6 nitrogen and oxygen atoms in total. The van der Waals surface area contributed by atoms with E-state index >= 15 is 0 Å². The molecule has 1 atom stereocenters. The first-order valence-electron chi connectivity index (χ1n) is 7.33. The number of carbonyl (C=O) groups excluding carboxylic acids is 1. The summed E-state index contributed by atoms with van der Waals surface area (Å²) < 4.78 is 0. The first kappa shape index (κ1) is 16.8. The largest absolute Gasteiger partial charge is 0.481 e. The first-order chi connectivity index (χ1) is 9.38. The third-order valence-electron chi connectivity index (χ3n) is 3.65. The van der Waals surface area contributed by atoms with Gasteiger partial charge in [0.25, 0.3) is 0 Å². The number of aliphatic hydroxyl groups is 1. The third kappa shape index (κ3) is 6.23. The van der Waals surface area contributed by atoms with Crippen molar-refractivity contribution in [1.29, 1.82) is 0 Å². The van der Waals surface area contributed by atoms with Gasteiger partial charge in [0.2, 0.25) is 0 Å². The molecule has 1 aliphatic carbocycles. The lowest BCUT2D eigenvalue weighted by molar-refractivity contribution is -0.142. The van der Waals surface area contributed by atoms with Crippen molar-refractivity contribution in [1.82, 2.24) is 10.6 Å². The fourth-order valence-electron chi connectivity index (χ4n) is 2.51. The van der Waals surface area contributed by atoms with E-state index in [2.05, 4.69) is 10.6 Å². The van der Waals surface area contributed by atoms with E-state index < -0.39 is 11.9 Å². The van der Waals surface area contributed by atoms with Crippen LogP contribution >= 0.6 is 0 Å². The van der Waals surface area contributed by atoms with Gasteiger partial charge in [0.05, 0.1) is 12.0 Å². The zero-order chi connectivity index (χ0) is 15.1. The maximum Gasteiger partial charge on any atom is 0.315 e. The standard InChI is InChI=1S/C14H26N2O4/c1-9(2)7-10(13(18)19)8-15-14(20)16-11-3-5-12(17)6-4-11/h9-12,17H,3-8H2,1-2H3,(H,18,19)(H2,15,16,20). The van der Waals surface area contributed by atoms with Crippen LogP contribution in [-0.2, 0) is 4.79 Å². The molecule has 0 heterocycles. The second kappa shape index (κ2) is 8.09. The molecule has 0 saturated heterocycles. The number of carboxylic acids is 1. The van der Waals surface area contributed by atoms with Crippen molar-refractivity contribution in [3.8, 4) is 0 Å². The van der Waals surface area contributed by atoms with Crippen LogP contribution in [0.2, 0.25) is 0 Å². The summed E-state index contributed by atoms with van der Waals surface area (Å²) in [6.07, 6.45) is 3.24. The van der Waals surface area contributed by atoms with Gasteiger partial charge in [-0.3, -0.25) is 4.79 Å². The number of aliphatic hydroxyl groups excluding tert-OH is 1. The minimum absolute atomic E-state index is 0.0757. The van der Waals surface area contributed by atoms with Crippen LogP contribution in [0.3, 0.4) is 0 Å². The second-order valence-corrected chi connectivity index (χ2v) is 6.02. The first-order valence-corrected chi connectivity index (χ1v) is 7.33. The quantitative estimate of drug-likeness (QED) is 0.592. The molecule has 1 unspecified atom stereocenters. The van der Waals surface area contributed by atoms with Crippen LogP contribution in [0, 0.1) is 11.8 Å². The van der Waals surface area contributed by atoms with Gasteiger partial charge in [0.1, 0.15) is 0 Å². The Hall–Kier alpha value is -1.30. The topological polar surface area (TPSA) is 98.7 Å². The van der Waals surface area contributed by atoms with E-state index in [4.69, 9.17) is 5.11 Å². The minimum atomic E-state index is -0.875. The van der Waals surface area contributed by atoms with E-state index in [1.54, 1.807) is 0 Å². The highest BCUT2D eigenvalue weighted by atomic mass is 16.4. The Morgan fingerprint density at radius 3 is 2.30 bits per heavy atom. The molecule has 0 aromatic rings. The lowest BCUT2D eigenvalue weighted by atomic mass is 9.93. The Bertz CT molecular complexity index is 325. The van der Waals surface area contributed by atoms with Crippen LogP contribution < -0.4 is 10.6 Å². The van der Waals surface area contributed by atoms with Gasteiger partial charge in [0.15, 0.2) is 0 Å². The van der Waals surface area contributed by atoms with Crippen LogP contribution in [0.4, 0.5) is 4.79 Å². The smallest absolute Gasteiger partial charge is 0.315 e. The van der Waals surface area contributed by atoms with E-state index in [0.29, 0.717) is 19.3 Å². The number of amides is 2. The number of rotatable bonds is 6. The molecule has 0 bridgehead atoms. The predicted octanol–water partition coefficient (Wildman–Crippen LogP) is 1.34. The molecule has 6 heteroatoms. The van der Waals surface area contributed by atoms with Crippen LogP contribution in [0.5, 0.6) is 0 Å². The molecule has 0 radical (unpaired) electrons. The SMILES string of the molecule is CC(C)CC(CNC(=O)NC1CCC(O)CC1)C(=O)O. The molecule has 1 aliphatic rings. The maximum absolute atomic E-state index is 11.7. The summed E-state index contributed by atoms with van der Waals surface area (Å²) in [5, 5.41) is 23.9. The molecule has 4 N–H and O–H groups in total. The summed E-state index contributed by atoms with van der Waals surface area (Å²) in [5.41, 5.74) is 0. The van der Waals surface area contributed by atoms with Gasteiger partial charge in [0, 0.05) is 12.6 Å². The lowest BCUT2D eigenvalue weighted by Crippen LogP contribution is -2.46. The molecule has 20 heavy (non-hydrogen) atoms. The van der Waals surface area contributed by atoms with Crippen LogP contribution in [0.15, 0.2) is 0 Å². The van der Waals surface area contributed by atoms with Gasteiger partial charge in [-0.25, -0.2) is 4.79 Å². The average molecular weight is 286 g/mol. The average Bonchev–Trinajstić information content (AvgIpc) is 2.36. The van der Waals surface area contributed by atoms with Crippen molar-refractivity contribution in [3.63, 3.8) is 0 Å². The maximum atomic E-state index is 11.7. The zero-order valence-corrected chi connectivity index (χ0v) is 12.3. The fraction of sp³-hybridized carbons (Fsp3) is 0.857. The van der Waals surface area contributed by atoms with Gasteiger partial charge in [-0.2, -0.15) is 0 Å². The number of carboxylic acid groups (broad SMARTS) is 1. The summed E-state index contributed by atoms with van der Waals surface area (Å²) in [5.74, 6) is -1.14. The number of aliphatic carboxylic acids is 1. The van der Waals surface area contributed by atoms with E-state index in [9.17, 15) is 14.7 Å². The molecular formula is C14H26N2O4. The van der Waals surface area contributed by atoms with Crippen molar-refractivity contribution in [3.05, 3.63) is 0 Å². The Balaban J connectivity index is 2.29. The molecule has 1 rings (SSSR count).